The average Bonchev–Trinajstić information content (AvgIpc) is 3.15. The van der Waals surface area contributed by atoms with E-state index < -0.39 is 0 Å². The molecule has 8 nitrogen and oxygen atoms in total. The summed E-state index contributed by atoms with van der Waals surface area (Å²) in [4.78, 5) is 11.7. The van der Waals surface area contributed by atoms with E-state index in [1.807, 2.05) is 25.1 Å². The molecule has 2 aromatic carbocycles. The van der Waals surface area contributed by atoms with Crippen LogP contribution in [-0.2, 0) is 0 Å². The standard InChI is InChI=1S/C21H22FN7O/c1-13-11-16-17(26-13)5-6-18(20(16)22)27-19-7-9-25-21(28-19)29(24)14-3-2-4-15(12-14)30-10-8-23/h2-7,9,11-12,26H,8,10,23-24H2,1H3,(H,25,27,28). The van der Waals surface area contributed by atoms with Gasteiger partial charge >= 0.3 is 0 Å². The summed E-state index contributed by atoms with van der Waals surface area (Å²) in [7, 11) is 0. The van der Waals surface area contributed by atoms with Crippen molar-refractivity contribution in [3.8, 4) is 5.75 Å². The van der Waals surface area contributed by atoms with Crippen molar-refractivity contribution in [2.24, 2.45) is 11.6 Å². The van der Waals surface area contributed by atoms with Crippen LogP contribution in [0.1, 0.15) is 5.69 Å². The third-order valence-corrected chi connectivity index (χ3v) is 4.48. The fourth-order valence-corrected chi connectivity index (χ4v) is 3.09. The topological polar surface area (TPSA) is 118 Å². The quantitative estimate of drug-likeness (QED) is 0.273. The molecule has 0 amide bonds. The predicted octanol–water partition coefficient (Wildman–Crippen LogP) is 3.50. The second-order valence-electron chi connectivity index (χ2n) is 6.71. The molecular formula is C21H22FN7O. The number of hydrogen-bond acceptors (Lipinski definition) is 7. The van der Waals surface area contributed by atoms with E-state index in [2.05, 4.69) is 20.3 Å². The van der Waals surface area contributed by atoms with Crippen molar-refractivity contribution in [3.05, 3.63) is 66.2 Å². The lowest BCUT2D eigenvalue weighted by Gasteiger charge is -2.18. The number of ether oxygens (including phenoxy) is 1. The van der Waals surface area contributed by atoms with E-state index in [4.69, 9.17) is 16.3 Å². The Labute approximate surface area is 172 Å². The van der Waals surface area contributed by atoms with E-state index in [-0.39, 0.29) is 11.8 Å². The van der Waals surface area contributed by atoms with Gasteiger partial charge in [0.2, 0.25) is 5.95 Å². The molecule has 4 rings (SSSR count). The van der Waals surface area contributed by atoms with Gasteiger partial charge in [-0.2, -0.15) is 4.98 Å². The number of aromatic amines is 1. The first-order chi connectivity index (χ1) is 14.5. The van der Waals surface area contributed by atoms with Crippen LogP contribution in [0.5, 0.6) is 5.75 Å². The third-order valence-electron chi connectivity index (χ3n) is 4.48. The van der Waals surface area contributed by atoms with Gasteiger partial charge in [0.1, 0.15) is 18.2 Å². The molecule has 2 aromatic heterocycles. The van der Waals surface area contributed by atoms with Crippen LogP contribution in [0.2, 0.25) is 0 Å². The summed E-state index contributed by atoms with van der Waals surface area (Å²) >= 11 is 0. The lowest BCUT2D eigenvalue weighted by molar-refractivity contribution is 0.328. The summed E-state index contributed by atoms with van der Waals surface area (Å²) in [6, 6.07) is 14.1. The fourth-order valence-electron chi connectivity index (χ4n) is 3.09. The number of rotatable bonds is 7. The Morgan fingerprint density at radius 2 is 2.07 bits per heavy atom. The SMILES string of the molecule is Cc1cc2c(F)c(Nc3ccnc(N(N)c4cccc(OCCN)c4)n3)ccc2[nH]1. The van der Waals surface area contributed by atoms with E-state index in [1.54, 1.807) is 36.5 Å². The van der Waals surface area contributed by atoms with E-state index in [0.29, 0.717) is 41.5 Å². The van der Waals surface area contributed by atoms with Crippen molar-refractivity contribution in [1.29, 1.82) is 0 Å². The number of aryl methyl sites for hydroxylation is 1. The van der Waals surface area contributed by atoms with Gasteiger partial charge < -0.3 is 20.8 Å². The number of H-pyrrole nitrogens is 1. The van der Waals surface area contributed by atoms with Crippen molar-refractivity contribution >= 4 is 34.0 Å². The van der Waals surface area contributed by atoms with Gasteiger partial charge in [-0.1, -0.05) is 6.07 Å². The lowest BCUT2D eigenvalue weighted by atomic mass is 10.2. The molecular weight excluding hydrogens is 385 g/mol. The zero-order valence-electron chi connectivity index (χ0n) is 16.4. The van der Waals surface area contributed by atoms with Gasteiger partial charge in [0, 0.05) is 35.4 Å². The number of aromatic nitrogens is 3. The second kappa shape index (κ2) is 8.36. The molecule has 0 saturated carbocycles. The van der Waals surface area contributed by atoms with Crippen LogP contribution in [0.15, 0.2) is 54.7 Å². The Hall–Kier alpha value is -3.69. The van der Waals surface area contributed by atoms with Gasteiger partial charge in [0.25, 0.3) is 0 Å². The van der Waals surface area contributed by atoms with Gasteiger partial charge in [0.15, 0.2) is 5.82 Å². The molecule has 0 fully saturated rings. The third kappa shape index (κ3) is 4.02. The maximum Gasteiger partial charge on any atom is 0.246 e. The number of halogens is 1. The number of nitrogens with two attached hydrogens (primary N) is 2. The number of fused-ring (bicyclic) bond motifs is 1. The fraction of sp³-hybridized carbons (Fsp3) is 0.143. The molecule has 9 heteroatoms. The Balaban J connectivity index is 1.58. The smallest absolute Gasteiger partial charge is 0.246 e. The number of hydrogen-bond donors (Lipinski definition) is 4. The molecule has 0 spiro atoms. The number of nitrogens with zero attached hydrogens (tertiary/aromatic N) is 3. The van der Waals surface area contributed by atoms with Crippen LogP contribution in [-0.4, -0.2) is 28.1 Å². The molecule has 2 heterocycles. The minimum absolute atomic E-state index is 0.245. The summed E-state index contributed by atoms with van der Waals surface area (Å²) in [6.07, 6.45) is 1.55. The van der Waals surface area contributed by atoms with Crippen molar-refractivity contribution in [2.45, 2.75) is 6.92 Å². The van der Waals surface area contributed by atoms with Crippen molar-refractivity contribution in [2.75, 3.05) is 23.5 Å². The van der Waals surface area contributed by atoms with Crippen LogP contribution < -0.4 is 26.6 Å². The Morgan fingerprint density at radius 3 is 2.90 bits per heavy atom. The van der Waals surface area contributed by atoms with Gasteiger partial charge in [-0.15, -0.1) is 0 Å². The largest absolute Gasteiger partial charge is 0.492 e. The highest BCUT2D eigenvalue weighted by Crippen LogP contribution is 2.28. The Bertz CT molecular complexity index is 1180. The molecule has 0 aliphatic carbocycles. The molecule has 0 unspecified atom stereocenters. The van der Waals surface area contributed by atoms with Gasteiger partial charge in [-0.3, -0.25) is 0 Å². The minimum atomic E-state index is -0.355. The minimum Gasteiger partial charge on any atom is -0.492 e. The molecule has 0 atom stereocenters. The van der Waals surface area contributed by atoms with Crippen LogP contribution in [0.25, 0.3) is 10.9 Å². The molecule has 4 aromatic rings. The first kappa shape index (κ1) is 19.6. The van der Waals surface area contributed by atoms with E-state index in [9.17, 15) is 4.39 Å². The molecule has 6 N–H and O–H groups in total. The van der Waals surface area contributed by atoms with Crippen LogP contribution >= 0.6 is 0 Å². The second-order valence-corrected chi connectivity index (χ2v) is 6.71. The zero-order valence-corrected chi connectivity index (χ0v) is 16.4. The summed E-state index contributed by atoms with van der Waals surface area (Å²) in [6.45, 7) is 2.70. The number of hydrazine groups is 1. The lowest BCUT2D eigenvalue weighted by Crippen LogP contribution is -2.27. The molecule has 0 aliphatic rings. The molecule has 30 heavy (non-hydrogen) atoms. The van der Waals surface area contributed by atoms with Crippen LogP contribution in [0, 0.1) is 12.7 Å². The van der Waals surface area contributed by atoms with Crippen LogP contribution in [0.4, 0.5) is 27.5 Å². The number of benzene rings is 2. The van der Waals surface area contributed by atoms with Crippen molar-refractivity contribution < 1.29 is 9.13 Å². The summed E-state index contributed by atoms with van der Waals surface area (Å²) in [5.74, 6) is 7.15. The van der Waals surface area contributed by atoms with E-state index in [1.165, 1.54) is 5.01 Å². The maximum atomic E-state index is 14.9. The first-order valence-corrected chi connectivity index (χ1v) is 9.41. The van der Waals surface area contributed by atoms with Gasteiger partial charge in [0.05, 0.1) is 11.4 Å². The number of nitrogens with one attached hydrogen (secondary N) is 2. The van der Waals surface area contributed by atoms with E-state index >= 15 is 0 Å². The predicted molar refractivity (Wildman–Crippen MR) is 116 cm³/mol. The maximum absolute atomic E-state index is 14.9. The summed E-state index contributed by atoms with van der Waals surface area (Å²) < 4.78 is 20.4. The molecule has 0 radical (unpaired) electrons. The monoisotopic (exact) mass is 407 g/mol. The van der Waals surface area contributed by atoms with Crippen molar-refractivity contribution in [3.63, 3.8) is 0 Å². The molecule has 0 bridgehead atoms. The molecule has 0 aliphatic heterocycles. The molecule has 0 saturated heterocycles. The normalized spacial score (nSPS) is 10.9. The van der Waals surface area contributed by atoms with Crippen LogP contribution in [0.3, 0.4) is 0 Å². The summed E-state index contributed by atoms with van der Waals surface area (Å²) in [5, 5.41) is 4.84. The van der Waals surface area contributed by atoms with Gasteiger partial charge in [-0.25, -0.2) is 20.2 Å². The molecule has 154 valence electrons. The highest BCUT2D eigenvalue weighted by Gasteiger charge is 2.13. The summed E-state index contributed by atoms with van der Waals surface area (Å²) in [5.41, 5.74) is 8.05. The van der Waals surface area contributed by atoms with Crippen molar-refractivity contribution in [1.82, 2.24) is 15.0 Å². The highest BCUT2D eigenvalue weighted by atomic mass is 19.1. The average molecular weight is 407 g/mol. The van der Waals surface area contributed by atoms with Gasteiger partial charge in [-0.05, 0) is 43.3 Å². The Morgan fingerprint density at radius 1 is 1.20 bits per heavy atom. The van der Waals surface area contributed by atoms with E-state index in [0.717, 1.165) is 11.2 Å². The zero-order chi connectivity index (χ0) is 21.1. The highest BCUT2D eigenvalue weighted by molar-refractivity contribution is 5.85. The number of anilines is 4. The Kier molecular flexibility index (Phi) is 5.46. The first-order valence-electron chi connectivity index (χ1n) is 9.41.